The Morgan fingerprint density at radius 2 is 0.703 bits per heavy atom. The monoisotopic (exact) mass is 887 g/mol. The smallest absolute Gasteiger partial charge is 0.306 e. The Morgan fingerprint density at radius 1 is 0.359 bits per heavy atom. The molecule has 0 saturated heterocycles. The lowest BCUT2D eigenvalue weighted by Crippen LogP contribution is -2.30. The minimum Gasteiger partial charge on any atom is -0.462 e. The zero-order chi connectivity index (χ0) is 46.3. The van der Waals surface area contributed by atoms with E-state index in [1.165, 1.54) is 77.0 Å². The molecule has 64 heavy (non-hydrogen) atoms. The number of esters is 2. The fraction of sp³-hybridized carbons (Fsp3) is 0.661. The summed E-state index contributed by atoms with van der Waals surface area (Å²) in [6.07, 6.45) is 73.9. The van der Waals surface area contributed by atoms with E-state index in [0.29, 0.717) is 19.4 Å². The van der Waals surface area contributed by atoms with Crippen molar-refractivity contribution < 1.29 is 23.8 Å². The molecular formula is C59H98O5. The van der Waals surface area contributed by atoms with Gasteiger partial charge in [-0.1, -0.05) is 201 Å². The molecule has 0 aliphatic carbocycles. The van der Waals surface area contributed by atoms with Crippen LogP contribution in [-0.4, -0.2) is 37.9 Å². The van der Waals surface area contributed by atoms with Gasteiger partial charge in [-0.2, -0.15) is 0 Å². The fourth-order valence-electron chi connectivity index (χ4n) is 6.90. The van der Waals surface area contributed by atoms with Gasteiger partial charge in [0.15, 0.2) is 6.10 Å². The first-order valence-electron chi connectivity index (χ1n) is 26.4. The lowest BCUT2D eigenvalue weighted by atomic mass is 10.1. The molecule has 0 saturated carbocycles. The van der Waals surface area contributed by atoms with Gasteiger partial charge >= 0.3 is 11.9 Å². The van der Waals surface area contributed by atoms with Gasteiger partial charge in [0.1, 0.15) is 6.61 Å². The van der Waals surface area contributed by atoms with Crippen LogP contribution in [0.1, 0.15) is 226 Å². The molecule has 0 aromatic heterocycles. The molecule has 0 aromatic carbocycles. The molecule has 5 nitrogen and oxygen atoms in total. The highest BCUT2D eigenvalue weighted by Gasteiger charge is 2.17. The maximum absolute atomic E-state index is 12.8. The molecule has 0 heterocycles. The predicted molar refractivity (Wildman–Crippen MR) is 279 cm³/mol. The first-order valence-corrected chi connectivity index (χ1v) is 26.4. The predicted octanol–water partition coefficient (Wildman–Crippen LogP) is 18.0. The molecule has 0 fully saturated rings. The number of carbonyl (C=O) groups excluding carboxylic acids is 2. The third-order valence-electron chi connectivity index (χ3n) is 10.8. The fourth-order valence-corrected chi connectivity index (χ4v) is 6.90. The highest BCUT2D eigenvalue weighted by Crippen LogP contribution is 2.12. The topological polar surface area (TPSA) is 61.8 Å². The standard InChI is InChI=1S/C59H98O5/c1-4-7-10-13-16-19-22-25-28-30-32-34-37-40-43-46-49-52-58(60)63-56-57(55-62-54-51-48-45-42-39-36-33-29-26-23-20-17-14-11-8-5-2)64-59(61)53-50-47-44-41-38-35-31-27-24-21-18-15-12-9-6-3/h7,9-10,12,16,18-19,21,25-29,31-32,34,38,41,57H,4-6,8,11,13-15,17,20,22-24,30,33,35-37,39-40,42-56H2,1-3H3/b10-7-,12-9-,19-16-,21-18-,28-25-,29-26-,31-27-,34-32-,41-38-. The lowest BCUT2D eigenvalue weighted by Gasteiger charge is -2.18. The van der Waals surface area contributed by atoms with Crippen LogP contribution in [0.4, 0.5) is 0 Å². The second-order valence-corrected chi connectivity index (χ2v) is 17.0. The average Bonchev–Trinajstić information content (AvgIpc) is 3.30. The zero-order valence-corrected chi connectivity index (χ0v) is 41.8. The number of unbranched alkanes of at least 4 members (excludes halogenated alkanes) is 18. The SMILES string of the molecule is CC/C=C\C/C=C\C/C=C\C/C=C\CCCCCCC(=O)OCC(COCCCCCCCC/C=C\CCCCCCCC)OC(=O)CCCC/C=C\C/C=C\C/C=C\C/C=C\CC. The largest absolute Gasteiger partial charge is 0.462 e. The van der Waals surface area contributed by atoms with Crippen molar-refractivity contribution in [2.24, 2.45) is 0 Å². The van der Waals surface area contributed by atoms with Crippen LogP contribution in [0.15, 0.2) is 109 Å². The molecule has 0 N–H and O–H groups in total. The van der Waals surface area contributed by atoms with E-state index in [0.717, 1.165) is 116 Å². The Hall–Kier alpha value is -3.44. The van der Waals surface area contributed by atoms with Crippen LogP contribution in [0, 0.1) is 0 Å². The summed E-state index contributed by atoms with van der Waals surface area (Å²) in [6, 6.07) is 0. The van der Waals surface area contributed by atoms with Gasteiger partial charge in [0, 0.05) is 19.4 Å². The summed E-state index contributed by atoms with van der Waals surface area (Å²) < 4.78 is 17.4. The van der Waals surface area contributed by atoms with Crippen LogP contribution in [0.5, 0.6) is 0 Å². The second-order valence-electron chi connectivity index (χ2n) is 17.0. The van der Waals surface area contributed by atoms with Crippen LogP contribution in [0.2, 0.25) is 0 Å². The Balaban J connectivity index is 4.41. The Morgan fingerprint density at radius 3 is 1.17 bits per heavy atom. The van der Waals surface area contributed by atoms with Crippen molar-refractivity contribution in [3.63, 3.8) is 0 Å². The first-order chi connectivity index (χ1) is 31.6. The van der Waals surface area contributed by atoms with E-state index in [1.54, 1.807) is 0 Å². The number of carbonyl (C=O) groups is 2. The quantitative estimate of drug-likeness (QED) is 0.0346. The summed E-state index contributed by atoms with van der Waals surface area (Å²) in [6.45, 7) is 7.51. The first kappa shape index (κ1) is 60.6. The van der Waals surface area contributed by atoms with Crippen molar-refractivity contribution in [2.45, 2.75) is 232 Å². The molecule has 364 valence electrons. The Kier molecular flexibility index (Phi) is 51.0. The third kappa shape index (κ3) is 51.2. The summed E-state index contributed by atoms with van der Waals surface area (Å²) in [5.74, 6) is -0.480. The molecule has 0 amide bonds. The normalized spacial score (nSPS) is 13.1. The highest BCUT2D eigenvalue weighted by atomic mass is 16.6. The number of ether oxygens (including phenoxy) is 3. The molecule has 5 heteroatoms. The van der Waals surface area contributed by atoms with Crippen LogP contribution in [0.25, 0.3) is 0 Å². The molecule has 0 bridgehead atoms. The van der Waals surface area contributed by atoms with Crippen molar-refractivity contribution in [3.05, 3.63) is 109 Å². The van der Waals surface area contributed by atoms with E-state index in [4.69, 9.17) is 14.2 Å². The van der Waals surface area contributed by atoms with Gasteiger partial charge in [-0.15, -0.1) is 0 Å². The molecule has 0 spiro atoms. The van der Waals surface area contributed by atoms with Gasteiger partial charge in [0.05, 0.1) is 6.61 Å². The second kappa shape index (κ2) is 53.9. The molecular weight excluding hydrogens is 789 g/mol. The summed E-state index contributed by atoms with van der Waals surface area (Å²) in [4.78, 5) is 25.4. The van der Waals surface area contributed by atoms with E-state index in [2.05, 4.69) is 130 Å². The van der Waals surface area contributed by atoms with Crippen molar-refractivity contribution >= 4 is 11.9 Å². The van der Waals surface area contributed by atoms with Crippen LogP contribution in [0.3, 0.4) is 0 Å². The van der Waals surface area contributed by atoms with Gasteiger partial charge in [-0.05, 0) is 122 Å². The van der Waals surface area contributed by atoms with E-state index in [1.807, 2.05) is 0 Å². The summed E-state index contributed by atoms with van der Waals surface area (Å²) in [5.41, 5.74) is 0. The molecule has 0 rings (SSSR count). The van der Waals surface area contributed by atoms with Crippen molar-refractivity contribution in [1.82, 2.24) is 0 Å². The van der Waals surface area contributed by atoms with Crippen molar-refractivity contribution in [2.75, 3.05) is 19.8 Å². The van der Waals surface area contributed by atoms with Gasteiger partial charge in [0.25, 0.3) is 0 Å². The Bertz CT molecular complexity index is 1280. The molecule has 1 unspecified atom stereocenters. The molecule has 0 aliphatic heterocycles. The summed E-state index contributed by atoms with van der Waals surface area (Å²) in [5, 5.41) is 0. The number of rotatable bonds is 47. The van der Waals surface area contributed by atoms with E-state index in [9.17, 15) is 9.59 Å². The molecule has 0 aromatic rings. The van der Waals surface area contributed by atoms with E-state index >= 15 is 0 Å². The van der Waals surface area contributed by atoms with Crippen molar-refractivity contribution in [1.29, 1.82) is 0 Å². The van der Waals surface area contributed by atoms with Gasteiger partial charge in [-0.3, -0.25) is 9.59 Å². The lowest BCUT2D eigenvalue weighted by molar-refractivity contribution is -0.163. The van der Waals surface area contributed by atoms with Crippen LogP contribution >= 0.6 is 0 Å². The van der Waals surface area contributed by atoms with Crippen LogP contribution < -0.4 is 0 Å². The third-order valence-corrected chi connectivity index (χ3v) is 10.8. The molecule has 0 radical (unpaired) electrons. The summed E-state index contributed by atoms with van der Waals surface area (Å²) >= 11 is 0. The summed E-state index contributed by atoms with van der Waals surface area (Å²) in [7, 11) is 0. The van der Waals surface area contributed by atoms with Gasteiger partial charge in [0.2, 0.25) is 0 Å². The zero-order valence-electron chi connectivity index (χ0n) is 41.8. The van der Waals surface area contributed by atoms with E-state index < -0.39 is 6.10 Å². The molecule has 0 aliphatic rings. The van der Waals surface area contributed by atoms with Crippen LogP contribution in [-0.2, 0) is 23.8 Å². The van der Waals surface area contributed by atoms with Gasteiger partial charge < -0.3 is 14.2 Å². The number of allylic oxidation sites excluding steroid dienone is 18. The molecule has 1 atom stereocenters. The van der Waals surface area contributed by atoms with Crippen molar-refractivity contribution in [3.8, 4) is 0 Å². The average molecular weight is 887 g/mol. The highest BCUT2D eigenvalue weighted by molar-refractivity contribution is 5.70. The number of hydrogen-bond acceptors (Lipinski definition) is 5. The van der Waals surface area contributed by atoms with E-state index in [-0.39, 0.29) is 25.2 Å². The van der Waals surface area contributed by atoms with Gasteiger partial charge in [-0.25, -0.2) is 0 Å². The minimum atomic E-state index is -0.578. The maximum atomic E-state index is 12.8. The minimum absolute atomic E-state index is 0.0474. The number of hydrogen-bond donors (Lipinski definition) is 0. The maximum Gasteiger partial charge on any atom is 0.306 e. The Labute approximate surface area is 395 Å².